The Kier molecular flexibility index (Phi) is 5.33. The van der Waals surface area contributed by atoms with E-state index in [0.29, 0.717) is 16.5 Å². The van der Waals surface area contributed by atoms with Gasteiger partial charge in [-0.2, -0.15) is 13.2 Å². The van der Waals surface area contributed by atoms with E-state index in [1.165, 1.54) is 17.0 Å². The van der Waals surface area contributed by atoms with Crippen LogP contribution in [0.15, 0.2) is 53.6 Å². The van der Waals surface area contributed by atoms with E-state index in [1.54, 1.807) is 30.0 Å². The van der Waals surface area contributed by atoms with Crippen LogP contribution in [0.2, 0.25) is 0 Å². The van der Waals surface area contributed by atoms with Gasteiger partial charge in [0.25, 0.3) is 5.56 Å². The van der Waals surface area contributed by atoms with E-state index in [4.69, 9.17) is 0 Å². The molecular weight excluding hydrogens is 407 g/mol. The quantitative estimate of drug-likeness (QED) is 0.601. The van der Waals surface area contributed by atoms with Crippen LogP contribution >= 0.6 is 0 Å². The van der Waals surface area contributed by atoms with Gasteiger partial charge in [-0.05, 0) is 56.0 Å². The van der Waals surface area contributed by atoms with Crippen molar-refractivity contribution in [2.45, 2.75) is 51.5 Å². The fourth-order valence-electron chi connectivity index (χ4n) is 3.90. The number of fused-ring (bicyclic) bond motifs is 1. The highest BCUT2D eigenvalue weighted by atomic mass is 19.4. The Morgan fingerprint density at radius 3 is 2.61 bits per heavy atom. The number of rotatable bonds is 5. The Labute approximate surface area is 177 Å². The van der Waals surface area contributed by atoms with Crippen molar-refractivity contribution >= 4 is 16.8 Å². The molecule has 0 bridgehead atoms. The molecule has 0 aliphatic heterocycles. The summed E-state index contributed by atoms with van der Waals surface area (Å²) in [6, 6.07) is 9.75. The molecule has 1 aliphatic rings. The minimum Gasteiger partial charge on any atom is -0.331 e. The molecule has 2 aromatic carbocycles. The number of hydrogen-bond donors (Lipinski definition) is 0. The summed E-state index contributed by atoms with van der Waals surface area (Å²) in [5.74, 6) is -0.316. The summed E-state index contributed by atoms with van der Waals surface area (Å²) in [5.41, 5.74) is 0.808. The maximum absolute atomic E-state index is 13.2. The molecule has 4 rings (SSSR count). The predicted octanol–water partition coefficient (Wildman–Crippen LogP) is 4.48. The average molecular weight is 429 g/mol. The second-order valence-electron chi connectivity index (χ2n) is 7.98. The number of amides is 1. The van der Waals surface area contributed by atoms with Crippen molar-refractivity contribution in [2.75, 3.05) is 0 Å². The van der Waals surface area contributed by atoms with Crippen LogP contribution in [0.25, 0.3) is 10.9 Å². The number of carbonyl (C=O) groups is 1. The van der Waals surface area contributed by atoms with Gasteiger partial charge < -0.3 is 4.90 Å². The maximum atomic E-state index is 13.2. The van der Waals surface area contributed by atoms with E-state index in [1.807, 2.05) is 13.0 Å². The number of hydrogen-bond acceptors (Lipinski definition) is 3. The van der Waals surface area contributed by atoms with Crippen molar-refractivity contribution in [1.29, 1.82) is 0 Å². The third-order valence-corrected chi connectivity index (χ3v) is 5.70. The topological polar surface area (TPSA) is 55.2 Å². The number of alkyl halides is 3. The minimum atomic E-state index is -4.45. The Balaban J connectivity index is 1.63. The first-order chi connectivity index (χ1) is 14.7. The molecule has 1 saturated carbocycles. The summed E-state index contributed by atoms with van der Waals surface area (Å²) >= 11 is 0. The minimum absolute atomic E-state index is 0.0385. The molecule has 1 atom stereocenters. The van der Waals surface area contributed by atoms with Crippen LogP contribution in [0.5, 0.6) is 0 Å². The molecule has 5 nitrogen and oxygen atoms in total. The summed E-state index contributed by atoms with van der Waals surface area (Å²) < 4.78 is 40.6. The van der Waals surface area contributed by atoms with E-state index < -0.39 is 17.8 Å². The number of para-hydroxylation sites is 1. The number of benzene rings is 2. The lowest BCUT2D eigenvalue weighted by atomic mass is 10.0. The summed E-state index contributed by atoms with van der Waals surface area (Å²) in [6.07, 6.45) is -1.51. The van der Waals surface area contributed by atoms with E-state index in [-0.39, 0.29) is 24.1 Å². The van der Waals surface area contributed by atoms with E-state index in [2.05, 4.69) is 4.98 Å². The first-order valence-corrected chi connectivity index (χ1v) is 10.1. The molecule has 1 aliphatic carbocycles. The first-order valence-electron chi connectivity index (χ1n) is 10.1. The molecule has 162 valence electrons. The number of halogens is 3. The fraction of sp³-hybridized carbons (Fsp3) is 0.348. The summed E-state index contributed by atoms with van der Waals surface area (Å²) in [4.78, 5) is 31.9. The summed E-state index contributed by atoms with van der Waals surface area (Å²) in [6.45, 7) is 3.36. The second-order valence-corrected chi connectivity index (χ2v) is 7.98. The van der Waals surface area contributed by atoms with Gasteiger partial charge in [0.15, 0.2) is 0 Å². The van der Waals surface area contributed by atoms with E-state index >= 15 is 0 Å². The Bertz CT molecular complexity index is 1200. The van der Waals surface area contributed by atoms with Crippen LogP contribution in [-0.4, -0.2) is 26.4 Å². The first kappa shape index (κ1) is 21.1. The van der Waals surface area contributed by atoms with Gasteiger partial charge in [-0.3, -0.25) is 14.2 Å². The van der Waals surface area contributed by atoms with Crippen molar-refractivity contribution in [3.63, 3.8) is 0 Å². The van der Waals surface area contributed by atoms with Gasteiger partial charge in [0.05, 0.1) is 28.8 Å². The normalized spacial score (nSPS) is 15.1. The Hall–Kier alpha value is -3.16. The highest BCUT2D eigenvalue weighted by Crippen LogP contribution is 2.36. The number of aromatic nitrogens is 2. The molecule has 1 aromatic heterocycles. The number of aryl methyl sites for hydroxylation is 1. The van der Waals surface area contributed by atoms with Crippen LogP contribution in [0.3, 0.4) is 0 Å². The molecular formula is C23H22F3N3O2. The van der Waals surface area contributed by atoms with Gasteiger partial charge in [-0.25, -0.2) is 4.98 Å². The SMILES string of the molecule is Cc1cccc2c(=O)n(CC(=O)N(C3CC3)C(C)c3cccc(C(F)(F)F)c3)cnc12. The van der Waals surface area contributed by atoms with Gasteiger partial charge in [0.2, 0.25) is 5.91 Å². The molecule has 1 fully saturated rings. The maximum Gasteiger partial charge on any atom is 0.416 e. The van der Waals surface area contributed by atoms with Gasteiger partial charge in [-0.15, -0.1) is 0 Å². The molecule has 1 unspecified atom stereocenters. The van der Waals surface area contributed by atoms with Crippen molar-refractivity contribution < 1.29 is 18.0 Å². The summed E-state index contributed by atoms with van der Waals surface area (Å²) in [5, 5.41) is 0.430. The molecule has 0 spiro atoms. The zero-order valence-electron chi connectivity index (χ0n) is 17.2. The van der Waals surface area contributed by atoms with Crippen LogP contribution in [0.4, 0.5) is 13.2 Å². The van der Waals surface area contributed by atoms with Crippen LogP contribution in [-0.2, 0) is 17.5 Å². The molecule has 0 N–H and O–H groups in total. The van der Waals surface area contributed by atoms with Crippen molar-refractivity contribution in [3.05, 3.63) is 75.8 Å². The molecule has 31 heavy (non-hydrogen) atoms. The zero-order valence-corrected chi connectivity index (χ0v) is 17.2. The molecule has 3 aromatic rings. The Morgan fingerprint density at radius 1 is 1.23 bits per heavy atom. The van der Waals surface area contributed by atoms with Crippen molar-refractivity contribution in [2.24, 2.45) is 0 Å². The smallest absolute Gasteiger partial charge is 0.331 e. The molecule has 1 amide bonds. The predicted molar refractivity (Wildman–Crippen MR) is 110 cm³/mol. The van der Waals surface area contributed by atoms with Gasteiger partial charge in [0, 0.05) is 6.04 Å². The van der Waals surface area contributed by atoms with Gasteiger partial charge in [0.1, 0.15) is 6.54 Å². The van der Waals surface area contributed by atoms with Crippen LogP contribution in [0, 0.1) is 6.92 Å². The standard InChI is InChI=1S/C23H22F3N3O2/c1-14-5-3-8-19-21(14)27-13-28(22(19)31)12-20(30)29(18-9-10-18)15(2)16-6-4-7-17(11-16)23(24,25)26/h3-8,11,13,15,18H,9-10,12H2,1-2H3. The fourth-order valence-corrected chi connectivity index (χ4v) is 3.90. The van der Waals surface area contributed by atoms with E-state index in [0.717, 1.165) is 30.5 Å². The number of nitrogens with zero attached hydrogens (tertiary/aromatic N) is 3. The van der Waals surface area contributed by atoms with Crippen molar-refractivity contribution in [1.82, 2.24) is 14.5 Å². The Morgan fingerprint density at radius 2 is 1.94 bits per heavy atom. The molecule has 0 saturated heterocycles. The second kappa shape index (κ2) is 7.83. The highest BCUT2D eigenvalue weighted by Gasteiger charge is 2.37. The lowest BCUT2D eigenvalue weighted by Gasteiger charge is -2.30. The number of carbonyl (C=O) groups excluding carboxylic acids is 1. The van der Waals surface area contributed by atoms with Crippen LogP contribution < -0.4 is 5.56 Å². The summed E-state index contributed by atoms with van der Waals surface area (Å²) in [7, 11) is 0. The third-order valence-electron chi connectivity index (χ3n) is 5.70. The highest BCUT2D eigenvalue weighted by molar-refractivity contribution is 5.81. The van der Waals surface area contributed by atoms with E-state index in [9.17, 15) is 22.8 Å². The average Bonchev–Trinajstić information content (AvgIpc) is 3.55. The third kappa shape index (κ3) is 4.19. The lowest BCUT2D eigenvalue weighted by Crippen LogP contribution is -2.39. The zero-order chi connectivity index (χ0) is 22.3. The largest absolute Gasteiger partial charge is 0.416 e. The molecule has 1 heterocycles. The molecule has 8 heteroatoms. The van der Waals surface area contributed by atoms with Crippen LogP contribution in [0.1, 0.15) is 42.5 Å². The van der Waals surface area contributed by atoms with Crippen molar-refractivity contribution in [3.8, 4) is 0 Å². The monoisotopic (exact) mass is 429 g/mol. The lowest BCUT2D eigenvalue weighted by molar-refractivity contribution is -0.137. The van der Waals surface area contributed by atoms with Gasteiger partial charge >= 0.3 is 6.18 Å². The molecule has 0 radical (unpaired) electrons. The van der Waals surface area contributed by atoms with Gasteiger partial charge in [-0.1, -0.05) is 24.3 Å².